The number of carbonyl (C=O) groups is 1. The van der Waals surface area contributed by atoms with Gasteiger partial charge in [-0.3, -0.25) is 4.79 Å². The number of hydrogen-bond acceptors (Lipinski definition) is 1. The van der Waals surface area contributed by atoms with Crippen molar-refractivity contribution in [3.63, 3.8) is 0 Å². The van der Waals surface area contributed by atoms with Crippen molar-refractivity contribution in [1.29, 1.82) is 0 Å². The third-order valence-electron chi connectivity index (χ3n) is 2.99. The van der Waals surface area contributed by atoms with E-state index in [0.29, 0.717) is 6.42 Å². The van der Waals surface area contributed by atoms with Crippen molar-refractivity contribution in [2.75, 3.05) is 0 Å². The quantitative estimate of drug-likeness (QED) is 0.699. The maximum absolute atomic E-state index is 10.9. The monoisotopic (exact) mass is 204 g/mol. The Morgan fingerprint density at radius 1 is 1.31 bits per heavy atom. The fourth-order valence-electron chi connectivity index (χ4n) is 1.46. The molecule has 0 rings (SSSR count). The van der Waals surface area contributed by atoms with E-state index in [1.165, 1.54) is 0 Å². The summed E-state index contributed by atoms with van der Waals surface area (Å²) in [4.78, 5) is 10.9. The summed E-state index contributed by atoms with van der Waals surface area (Å²) < 4.78 is 0. The molecule has 0 amide bonds. The average molecular weight is 204 g/mol. The van der Waals surface area contributed by atoms with E-state index < -0.39 is 11.1 Å². The van der Waals surface area contributed by atoms with Crippen molar-refractivity contribution >= 4 is 15.2 Å². The molecule has 0 aromatic rings. The largest absolute Gasteiger partial charge is 0.481 e. The number of carboxylic acids is 1. The lowest BCUT2D eigenvalue weighted by Crippen LogP contribution is -2.34. The highest BCUT2D eigenvalue weighted by Gasteiger charge is 2.35. The summed E-state index contributed by atoms with van der Waals surface area (Å²) in [5.41, 5.74) is 0.148. The van der Waals surface area contributed by atoms with Gasteiger partial charge in [-0.05, 0) is 18.8 Å². The Morgan fingerprint density at radius 2 is 1.69 bits per heavy atom. The maximum atomic E-state index is 10.9. The van der Waals surface area contributed by atoms with Gasteiger partial charge in [0, 0.05) is 0 Å². The highest BCUT2D eigenvalue weighted by atomic mass is 31.0. The first-order valence-corrected chi connectivity index (χ1v) is 5.37. The number of aliphatic carboxylic acids is 1. The Kier molecular flexibility index (Phi) is 4.38. The minimum Gasteiger partial charge on any atom is -0.481 e. The summed E-state index contributed by atoms with van der Waals surface area (Å²) >= 11 is 0. The Labute approximate surface area is 83.3 Å². The number of rotatable bonds is 5. The van der Waals surface area contributed by atoms with Gasteiger partial charge in [0.2, 0.25) is 0 Å². The summed E-state index contributed by atoms with van der Waals surface area (Å²) in [5.74, 6) is -0.731. The van der Waals surface area contributed by atoms with Gasteiger partial charge in [-0.15, -0.1) is 9.24 Å². The summed E-state index contributed by atoms with van der Waals surface area (Å²) in [6.45, 7) is 8.15. The van der Waals surface area contributed by atoms with Crippen molar-refractivity contribution < 1.29 is 9.90 Å². The molecule has 0 aromatic carbocycles. The molecule has 2 unspecified atom stereocenters. The standard InChI is InChI=1S/C10H21O2P/c1-5-9(3,6-2)7-10(4,13)8(11)12/h5-7,13H2,1-4H3,(H,11,12). The molecule has 3 heteroatoms. The molecule has 1 N–H and O–H groups in total. The lowest BCUT2D eigenvalue weighted by atomic mass is 9.77. The van der Waals surface area contributed by atoms with E-state index in [9.17, 15) is 4.79 Å². The molecule has 0 radical (unpaired) electrons. The normalized spacial score (nSPS) is 16.7. The molecule has 0 aliphatic rings. The highest BCUT2D eigenvalue weighted by Crippen LogP contribution is 2.39. The minimum atomic E-state index is -0.731. The first-order valence-electron chi connectivity index (χ1n) is 4.79. The summed E-state index contributed by atoms with van der Waals surface area (Å²) in [6.07, 6.45) is 2.77. The fourth-order valence-corrected chi connectivity index (χ4v) is 1.95. The summed E-state index contributed by atoms with van der Waals surface area (Å²) in [6, 6.07) is 0. The second-order valence-electron chi connectivity index (χ2n) is 4.42. The van der Waals surface area contributed by atoms with Crippen molar-refractivity contribution in [2.45, 2.75) is 52.1 Å². The van der Waals surface area contributed by atoms with E-state index >= 15 is 0 Å². The number of hydrogen-bond donors (Lipinski definition) is 1. The summed E-state index contributed by atoms with van der Waals surface area (Å²) in [5, 5.41) is 8.30. The van der Waals surface area contributed by atoms with Crippen LogP contribution in [0.25, 0.3) is 0 Å². The van der Waals surface area contributed by atoms with Crippen molar-refractivity contribution in [1.82, 2.24) is 0 Å². The molecule has 0 saturated heterocycles. The van der Waals surface area contributed by atoms with Gasteiger partial charge < -0.3 is 5.11 Å². The molecule has 0 aromatic heterocycles. The van der Waals surface area contributed by atoms with Crippen LogP contribution < -0.4 is 0 Å². The lowest BCUT2D eigenvalue weighted by molar-refractivity contribution is -0.140. The van der Waals surface area contributed by atoms with Crippen LogP contribution in [0.1, 0.15) is 47.0 Å². The molecule has 13 heavy (non-hydrogen) atoms. The van der Waals surface area contributed by atoms with Gasteiger partial charge in [0.25, 0.3) is 0 Å². The van der Waals surface area contributed by atoms with Crippen LogP contribution in [0.2, 0.25) is 0 Å². The second-order valence-corrected chi connectivity index (χ2v) is 5.69. The molecule has 2 nitrogen and oxygen atoms in total. The zero-order chi connectivity index (χ0) is 10.7. The van der Waals surface area contributed by atoms with Gasteiger partial charge in [-0.1, -0.05) is 33.6 Å². The summed E-state index contributed by atoms with van der Waals surface area (Å²) in [7, 11) is 2.45. The SMILES string of the molecule is CCC(C)(CC)CC(C)(P)C(=O)O. The minimum absolute atomic E-state index is 0.148. The molecule has 78 valence electrons. The Hall–Kier alpha value is -0.100. The first kappa shape index (κ1) is 12.9. The molecule has 0 fully saturated rings. The van der Waals surface area contributed by atoms with E-state index in [1.807, 2.05) is 0 Å². The van der Waals surface area contributed by atoms with E-state index in [1.54, 1.807) is 6.92 Å². The van der Waals surface area contributed by atoms with Crippen molar-refractivity contribution in [3.05, 3.63) is 0 Å². The van der Waals surface area contributed by atoms with Crippen molar-refractivity contribution in [3.8, 4) is 0 Å². The second kappa shape index (κ2) is 4.41. The Balaban J connectivity index is 4.48. The van der Waals surface area contributed by atoms with E-state index in [0.717, 1.165) is 12.8 Å². The van der Waals surface area contributed by atoms with Crippen LogP contribution in [0.4, 0.5) is 0 Å². The molecule has 0 aliphatic carbocycles. The third kappa shape index (κ3) is 3.64. The van der Waals surface area contributed by atoms with Gasteiger partial charge in [-0.25, -0.2) is 0 Å². The van der Waals surface area contributed by atoms with E-state index in [-0.39, 0.29) is 5.41 Å². The van der Waals surface area contributed by atoms with Crippen LogP contribution in [0.3, 0.4) is 0 Å². The fraction of sp³-hybridized carbons (Fsp3) is 0.900. The van der Waals surface area contributed by atoms with E-state index in [2.05, 4.69) is 30.0 Å². The number of carboxylic acid groups (broad SMARTS) is 1. The first-order chi connectivity index (χ1) is 5.77. The molecular weight excluding hydrogens is 183 g/mol. The molecule has 0 saturated carbocycles. The highest BCUT2D eigenvalue weighted by molar-refractivity contribution is 7.20. The van der Waals surface area contributed by atoms with Crippen LogP contribution in [0.5, 0.6) is 0 Å². The van der Waals surface area contributed by atoms with Crippen LogP contribution in [-0.2, 0) is 4.79 Å². The van der Waals surface area contributed by atoms with Gasteiger partial charge >= 0.3 is 5.97 Å². The molecule has 0 bridgehead atoms. The third-order valence-corrected chi connectivity index (χ3v) is 3.44. The predicted molar refractivity (Wildman–Crippen MR) is 59.1 cm³/mol. The topological polar surface area (TPSA) is 37.3 Å². The average Bonchev–Trinajstić information content (AvgIpc) is 2.03. The van der Waals surface area contributed by atoms with Gasteiger partial charge in [0.15, 0.2) is 0 Å². The van der Waals surface area contributed by atoms with Gasteiger partial charge in [-0.2, -0.15) is 0 Å². The zero-order valence-electron chi connectivity index (χ0n) is 9.05. The molecule has 2 atom stereocenters. The smallest absolute Gasteiger partial charge is 0.313 e. The van der Waals surface area contributed by atoms with Gasteiger partial charge in [0.05, 0.1) is 5.16 Å². The van der Waals surface area contributed by atoms with Crippen LogP contribution >= 0.6 is 9.24 Å². The van der Waals surface area contributed by atoms with Crippen molar-refractivity contribution in [2.24, 2.45) is 5.41 Å². The van der Waals surface area contributed by atoms with Crippen LogP contribution in [0, 0.1) is 5.41 Å². The molecule has 0 spiro atoms. The molecule has 0 heterocycles. The van der Waals surface area contributed by atoms with Crippen LogP contribution in [0.15, 0.2) is 0 Å². The lowest BCUT2D eigenvalue weighted by Gasteiger charge is -2.33. The Bertz CT molecular complexity index is 183. The van der Waals surface area contributed by atoms with Crippen LogP contribution in [-0.4, -0.2) is 16.2 Å². The zero-order valence-corrected chi connectivity index (χ0v) is 10.2. The van der Waals surface area contributed by atoms with Gasteiger partial charge in [0.1, 0.15) is 0 Å². The van der Waals surface area contributed by atoms with E-state index in [4.69, 9.17) is 5.11 Å². The Morgan fingerprint density at radius 3 is 1.92 bits per heavy atom. The predicted octanol–water partition coefficient (Wildman–Crippen LogP) is 2.92. The molecule has 0 aliphatic heterocycles. The maximum Gasteiger partial charge on any atom is 0.313 e. The molecular formula is C10H21O2P.